The quantitative estimate of drug-likeness (QED) is 0.839. The van der Waals surface area contributed by atoms with E-state index >= 15 is 0 Å². The molecule has 140 valence electrons. The van der Waals surface area contributed by atoms with Gasteiger partial charge in [0.15, 0.2) is 6.10 Å². The molecule has 0 saturated heterocycles. The minimum absolute atomic E-state index is 0.570. The van der Waals surface area contributed by atoms with Gasteiger partial charge in [-0.1, -0.05) is 0 Å². The van der Waals surface area contributed by atoms with Crippen molar-refractivity contribution in [2.45, 2.75) is 59.2 Å². The summed E-state index contributed by atoms with van der Waals surface area (Å²) in [6, 6.07) is 3.85. The molecule has 1 aliphatic heterocycles. The van der Waals surface area contributed by atoms with Crippen LogP contribution in [0.25, 0.3) is 11.3 Å². The van der Waals surface area contributed by atoms with E-state index in [1.54, 1.807) is 11.3 Å². The standard InChI is InChI=1S/C20H25NO4S/c1-11-16(14-8-9-15-13(21-14)7-6-10-24-15)17(12(2)26-11)18(19(22)23)25-20(3,4)5/h8-9,18H,6-7,10H2,1-5H3,(H,22,23). The lowest BCUT2D eigenvalue weighted by molar-refractivity contribution is -0.160. The Morgan fingerprint density at radius 1 is 1.31 bits per heavy atom. The van der Waals surface area contributed by atoms with E-state index in [2.05, 4.69) is 0 Å². The van der Waals surface area contributed by atoms with Crippen molar-refractivity contribution in [3.05, 3.63) is 33.1 Å². The zero-order valence-electron chi connectivity index (χ0n) is 15.9. The molecule has 1 unspecified atom stereocenters. The Bertz CT molecular complexity index is 835. The van der Waals surface area contributed by atoms with Crippen LogP contribution in [0.4, 0.5) is 0 Å². The highest BCUT2D eigenvalue weighted by Gasteiger charge is 2.33. The topological polar surface area (TPSA) is 68.7 Å². The van der Waals surface area contributed by atoms with Crippen LogP contribution in [0, 0.1) is 13.8 Å². The van der Waals surface area contributed by atoms with Crippen LogP contribution >= 0.6 is 11.3 Å². The molecular formula is C20H25NO4S. The largest absolute Gasteiger partial charge is 0.492 e. The van der Waals surface area contributed by atoms with Crippen LogP contribution in [0.3, 0.4) is 0 Å². The van der Waals surface area contributed by atoms with Crippen molar-refractivity contribution in [3.63, 3.8) is 0 Å². The molecule has 0 spiro atoms. The van der Waals surface area contributed by atoms with Gasteiger partial charge in [0.25, 0.3) is 0 Å². The minimum atomic E-state index is -1.02. The Labute approximate surface area is 158 Å². The first-order chi connectivity index (χ1) is 12.2. The Hall–Kier alpha value is -1.92. The van der Waals surface area contributed by atoms with Crippen LogP contribution in [0.2, 0.25) is 0 Å². The van der Waals surface area contributed by atoms with E-state index in [1.165, 1.54) is 0 Å². The van der Waals surface area contributed by atoms with Gasteiger partial charge in [0.2, 0.25) is 0 Å². The number of aromatic nitrogens is 1. The molecule has 1 aliphatic rings. The average molecular weight is 375 g/mol. The summed E-state index contributed by atoms with van der Waals surface area (Å²) in [5.41, 5.74) is 2.73. The third-order valence-corrected chi connectivity index (χ3v) is 5.31. The number of hydrogen-bond donors (Lipinski definition) is 1. The maximum Gasteiger partial charge on any atom is 0.337 e. The molecule has 0 fully saturated rings. The van der Waals surface area contributed by atoms with Gasteiger partial charge in [-0.05, 0) is 59.6 Å². The molecule has 0 bridgehead atoms. The van der Waals surface area contributed by atoms with E-state index in [9.17, 15) is 9.90 Å². The van der Waals surface area contributed by atoms with Gasteiger partial charge >= 0.3 is 5.97 Å². The van der Waals surface area contributed by atoms with Crippen molar-refractivity contribution in [1.29, 1.82) is 0 Å². The molecule has 1 N–H and O–H groups in total. The summed E-state index contributed by atoms with van der Waals surface area (Å²) in [4.78, 5) is 18.8. The number of aliphatic carboxylic acids is 1. The van der Waals surface area contributed by atoms with Crippen molar-refractivity contribution in [1.82, 2.24) is 4.98 Å². The number of carbonyl (C=O) groups is 1. The first-order valence-corrected chi connectivity index (χ1v) is 9.62. The normalized spacial score (nSPS) is 15.3. The number of thiophene rings is 1. The maximum atomic E-state index is 12.0. The van der Waals surface area contributed by atoms with E-state index in [4.69, 9.17) is 14.5 Å². The molecule has 0 saturated carbocycles. The summed E-state index contributed by atoms with van der Waals surface area (Å²) in [5.74, 6) is -0.157. The second-order valence-corrected chi connectivity index (χ2v) is 8.97. The first kappa shape index (κ1) is 18.9. The number of ether oxygens (including phenoxy) is 2. The number of rotatable bonds is 4. The van der Waals surface area contributed by atoms with Crippen LogP contribution in [0.5, 0.6) is 5.75 Å². The zero-order valence-corrected chi connectivity index (χ0v) is 16.7. The van der Waals surface area contributed by atoms with Gasteiger partial charge in [-0.25, -0.2) is 9.78 Å². The van der Waals surface area contributed by atoms with Crippen LogP contribution in [0.1, 0.15) is 54.3 Å². The predicted molar refractivity (Wildman–Crippen MR) is 102 cm³/mol. The van der Waals surface area contributed by atoms with Gasteiger partial charge in [0, 0.05) is 20.9 Å². The molecule has 0 radical (unpaired) electrons. The summed E-state index contributed by atoms with van der Waals surface area (Å²) in [6.45, 7) is 10.3. The molecule has 3 rings (SSSR count). The molecule has 1 atom stereocenters. The second kappa shape index (κ2) is 7.00. The van der Waals surface area contributed by atoms with E-state index in [1.807, 2.05) is 46.8 Å². The average Bonchev–Trinajstić information content (AvgIpc) is 2.85. The zero-order chi connectivity index (χ0) is 19.1. The van der Waals surface area contributed by atoms with Crippen LogP contribution in [-0.2, 0) is 16.0 Å². The lowest BCUT2D eigenvalue weighted by atomic mass is 9.98. The Morgan fingerprint density at radius 2 is 2.04 bits per heavy atom. The van der Waals surface area contributed by atoms with E-state index in [0.717, 1.165) is 51.9 Å². The van der Waals surface area contributed by atoms with E-state index in [0.29, 0.717) is 5.56 Å². The molecule has 5 nitrogen and oxygen atoms in total. The maximum absolute atomic E-state index is 12.0. The molecule has 0 aromatic carbocycles. The predicted octanol–water partition coefficient (Wildman–Crippen LogP) is 4.69. The SMILES string of the molecule is Cc1sc(C)c(C(OC(C)(C)C)C(=O)O)c1-c1ccc2c(n1)CCCO2. The molecule has 3 heterocycles. The number of nitrogens with zero attached hydrogens (tertiary/aromatic N) is 1. The fourth-order valence-electron chi connectivity index (χ4n) is 3.28. The van der Waals surface area contributed by atoms with Crippen LogP contribution < -0.4 is 4.74 Å². The van der Waals surface area contributed by atoms with Crippen molar-refractivity contribution >= 4 is 17.3 Å². The van der Waals surface area contributed by atoms with Crippen molar-refractivity contribution in [2.75, 3.05) is 6.61 Å². The molecule has 26 heavy (non-hydrogen) atoms. The highest BCUT2D eigenvalue weighted by molar-refractivity contribution is 7.12. The Balaban J connectivity index is 2.12. The summed E-state index contributed by atoms with van der Waals surface area (Å²) in [6.07, 6.45) is 0.800. The molecule has 6 heteroatoms. The monoisotopic (exact) mass is 375 g/mol. The lowest BCUT2D eigenvalue weighted by Crippen LogP contribution is -2.27. The highest BCUT2D eigenvalue weighted by Crippen LogP contribution is 2.42. The first-order valence-electron chi connectivity index (χ1n) is 8.81. The number of hydrogen-bond acceptors (Lipinski definition) is 5. The number of aryl methyl sites for hydroxylation is 3. The van der Waals surface area contributed by atoms with E-state index in [-0.39, 0.29) is 0 Å². The summed E-state index contributed by atoms with van der Waals surface area (Å²) >= 11 is 1.59. The van der Waals surface area contributed by atoms with Crippen molar-refractivity contribution in [2.24, 2.45) is 0 Å². The summed E-state index contributed by atoms with van der Waals surface area (Å²) in [7, 11) is 0. The Kier molecular flexibility index (Phi) is 5.08. The molecule has 0 amide bonds. The lowest BCUT2D eigenvalue weighted by Gasteiger charge is -2.26. The number of fused-ring (bicyclic) bond motifs is 1. The third-order valence-electron chi connectivity index (χ3n) is 4.27. The number of carboxylic acid groups (broad SMARTS) is 1. The van der Waals surface area contributed by atoms with Gasteiger partial charge in [-0.15, -0.1) is 11.3 Å². The van der Waals surface area contributed by atoms with Gasteiger partial charge < -0.3 is 14.6 Å². The summed E-state index contributed by atoms with van der Waals surface area (Å²) in [5, 5.41) is 9.83. The van der Waals surface area contributed by atoms with Crippen LogP contribution in [-0.4, -0.2) is 28.3 Å². The minimum Gasteiger partial charge on any atom is -0.492 e. The summed E-state index contributed by atoms with van der Waals surface area (Å²) < 4.78 is 11.6. The van der Waals surface area contributed by atoms with Gasteiger partial charge in [0.05, 0.1) is 23.6 Å². The number of pyridine rings is 1. The molecular weight excluding hydrogens is 350 g/mol. The fourth-order valence-corrected chi connectivity index (χ4v) is 4.38. The van der Waals surface area contributed by atoms with Crippen molar-refractivity contribution < 1.29 is 19.4 Å². The number of carboxylic acids is 1. The van der Waals surface area contributed by atoms with E-state index < -0.39 is 17.7 Å². The Morgan fingerprint density at radius 3 is 2.69 bits per heavy atom. The molecule has 2 aromatic heterocycles. The third kappa shape index (κ3) is 3.76. The second-order valence-electron chi connectivity index (χ2n) is 7.54. The highest BCUT2D eigenvalue weighted by atomic mass is 32.1. The smallest absolute Gasteiger partial charge is 0.337 e. The van der Waals surface area contributed by atoms with Gasteiger partial charge in [-0.3, -0.25) is 0 Å². The van der Waals surface area contributed by atoms with Gasteiger partial charge in [0.1, 0.15) is 5.75 Å². The molecule has 2 aromatic rings. The van der Waals surface area contributed by atoms with Crippen molar-refractivity contribution in [3.8, 4) is 17.0 Å². The molecule has 0 aliphatic carbocycles. The van der Waals surface area contributed by atoms with Gasteiger partial charge in [-0.2, -0.15) is 0 Å². The fraction of sp³-hybridized carbons (Fsp3) is 0.500. The van der Waals surface area contributed by atoms with Crippen LogP contribution in [0.15, 0.2) is 12.1 Å².